The topological polar surface area (TPSA) is 96.2 Å². The number of nitrogens with one attached hydrogen (secondary N) is 3. The minimum Gasteiger partial charge on any atom is -0.355 e. The zero-order valence-corrected chi connectivity index (χ0v) is 13.1. The Hall–Kier alpha value is -1.79. The van der Waals surface area contributed by atoms with Gasteiger partial charge in [-0.15, -0.1) is 12.4 Å². The molecule has 5 N–H and O–H groups in total. The summed E-state index contributed by atoms with van der Waals surface area (Å²) in [5.41, 5.74) is 7.09. The van der Waals surface area contributed by atoms with Crippen LogP contribution in [0.3, 0.4) is 0 Å². The molecular formula is C14H23ClN4O2. The summed E-state index contributed by atoms with van der Waals surface area (Å²) < 4.78 is 0. The summed E-state index contributed by atoms with van der Waals surface area (Å²) in [5, 5.41) is 8.35. The molecule has 0 aliphatic heterocycles. The van der Waals surface area contributed by atoms with Crippen molar-refractivity contribution in [2.24, 2.45) is 5.73 Å². The van der Waals surface area contributed by atoms with Crippen LogP contribution in [0.5, 0.6) is 0 Å². The lowest BCUT2D eigenvalue weighted by Crippen LogP contribution is -2.38. The Labute approximate surface area is 131 Å². The van der Waals surface area contributed by atoms with Gasteiger partial charge in [-0.25, -0.2) is 4.79 Å². The van der Waals surface area contributed by atoms with Crippen LogP contribution in [0.25, 0.3) is 0 Å². The van der Waals surface area contributed by atoms with Crippen LogP contribution in [0.4, 0.5) is 4.79 Å². The number of carbonyl (C=O) groups excluding carboxylic acids is 2. The highest BCUT2D eigenvalue weighted by atomic mass is 35.5. The average Bonchev–Trinajstić information content (AvgIpc) is 2.38. The molecule has 0 aromatic heterocycles. The van der Waals surface area contributed by atoms with Crippen LogP contribution >= 0.6 is 12.4 Å². The Morgan fingerprint density at radius 1 is 1.24 bits per heavy atom. The van der Waals surface area contributed by atoms with Gasteiger partial charge in [0.2, 0.25) is 5.91 Å². The van der Waals surface area contributed by atoms with Crippen molar-refractivity contribution in [1.82, 2.24) is 16.0 Å². The van der Waals surface area contributed by atoms with E-state index in [1.54, 1.807) is 0 Å². The molecule has 21 heavy (non-hydrogen) atoms. The van der Waals surface area contributed by atoms with Crippen LogP contribution in [0.1, 0.15) is 23.6 Å². The lowest BCUT2D eigenvalue weighted by atomic mass is 9.98. The van der Waals surface area contributed by atoms with Gasteiger partial charge < -0.3 is 21.7 Å². The fraction of sp³-hybridized carbons (Fsp3) is 0.429. The highest BCUT2D eigenvalue weighted by Gasteiger charge is 2.18. The number of nitrogens with two attached hydrogens (primary N) is 1. The maximum atomic E-state index is 11.9. The third-order valence-electron chi connectivity index (χ3n) is 2.97. The first-order chi connectivity index (χ1) is 9.54. The summed E-state index contributed by atoms with van der Waals surface area (Å²) in [5.74, 6) is -0.123. The lowest BCUT2D eigenvalue weighted by molar-refractivity contribution is -0.121. The second kappa shape index (κ2) is 10.0. The Balaban J connectivity index is 0.00000400. The molecule has 0 aliphatic carbocycles. The molecule has 0 saturated heterocycles. The number of hydrogen-bond donors (Lipinski definition) is 4. The largest absolute Gasteiger partial charge is 0.355 e. The molecule has 0 heterocycles. The van der Waals surface area contributed by atoms with E-state index in [2.05, 4.69) is 16.0 Å². The predicted molar refractivity (Wildman–Crippen MR) is 85.4 cm³/mol. The van der Waals surface area contributed by atoms with Gasteiger partial charge in [0.15, 0.2) is 0 Å². The number of aryl methyl sites for hydroxylation is 1. The second-order valence-electron chi connectivity index (χ2n) is 4.58. The summed E-state index contributed by atoms with van der Waals surface area (Å²) >= 11 is 0. The number of halogens is 1. The van der Waals surface area contributed by atoms with E-state index in [9.17, 15) is 9.59 Å². The maximum Gasteiger partial charge on any atom is 0.312 e. The normalized spacial score (nSPS) is 11.1. The molecule has 0 bridgehead atoms. The molecule has 1 unspecified atom stereocenters. The minimum absolute atomic E-state index is 0. The van der Waals surface area contributed by atoms with Crippen molar-refractivity contribution in [3.05, 3.63) is 35.4 Å². The van der Waals surface area contributed by atoms with Gasteiger partial charge in [0.25, 0.3) is 0 Å². The zero-order valence-electron chi connectivity index (χ0n) is 12.3. The van der Waals surface area contributed by atoms with E-state index in [-0.39, 0.29) is 24.7 Å². The summed E-state index contributed by atoms with van der Waals surface area (Å²) in [4.78, 5) is 23.0. The van der Waals surface area contributed by atoms with Gasteiger partial charge in [0.1, 0.15) is 0 Å². The molecule has 0 fully saturated rings. The van der Waals surface area contributed by atoms with E-state index in [4.69, 9.17) is 5.73 Å². The van der Waals surface area contributed by atoms with Gasteiger partial charge in [-0.1, -0.05) is 24.3 Å². The summed E-state index contributed by atoms with van der Waals surface area (Å²) in [6.45, 7) is 3.18. The van der Waals surface area contributed by atoms with Crippen molar-refractivity contribution >= 4 is 24.3 Å². The number of hydrogen-bond acceptors (Lipinski definition) is 3. The molecule has 7 heteroatoms. The van der Waals surface area contributed by atoms with Gasteiger partial charge in [-0.2, -0.15) is 0 Å². The van der Waals surface area contributed by atoms with Crippen molar-refractivity contribution in [3.8, 4) is 0 Å². The first-order valence-corrected chi connectivity index (χ1v) is 6.57. The fourth-order valence-corrected chi connectivity index (χ4v) is 1.97. The Morgan fingerprint density at radius 2 is 1.90 bits per heavy atom. The molecule has 1 aromatic rings. The smallest absolute Gasteiger partial charge is 0.312 e. The van der Waals surface area contributed by atoms with Crippen molar-refractivity contribution < 1.29 is 9.59 Å². The highest BCUT2D eigenvalue weighted by Crippen LogP contribution is 2.20. The van der Waals surface area contributed by atoms with Gasteiger partial charge in [0.05, 0.1) is 12.5 Å². The number of benzene rings is 1. The molecule has 0 aliphatic rings. The third-order valence-corrected chi connectivity index (χ3v) is 2.97. The lowest BCUT2D eigenvalue weighted by Gasteiger charge is -2.19. The average molecular weight is 315 g/mol. The van der Waals surface area contributed by atoms with Crippen molar-refractivity contribution in [1.29, 1.82) is 0 Å². The van der Waals surface area contributed by atoms with Gasteiger partial charge in [0, 0.05) is 13.1 Å². The highest BCUT2D eigenvalue weighted by molar-refractivity contribution is 5.85. The first kappa shape index (κ1) is 19.2. The second-order valence-corrected chi connectivity index (χ2v) is 4.58. The summed E-state index contributed by atoms with van der Waals surface area (Å²) in [6.07, 6.45) is 0.164. The third kappa shape index (κ3) is 6.97. The first-order valence-electron chi connectivity index (χ1n) is 6.57. The van der Waals surface area contributed by atoms with E-state index in [1.165, 1.54) is 0 Å². The molecule has 0 saturated carbocycles. The quantitative estimate of drug-likeness (QED) is 0.562. The number of likely N-dealkylation sites (N-methyl/N-ethyl adjacent to an activating group) is 1. The molecule has 0 radical (unpaired) electrons. The number of amides is 3. The van der Waals surface area contributed by atoms with Crippen molar-refractivity contribution in [2.45, 2.75) is 19.4 Å². The summed E-state index contributed by atoms with van der Waals surface area (Å²) in [6, 6.07) is 6.55. The molecule has 0 spiro atoms. The van der Waals surface area contributed by atoms with Crippen molar-refractivity contribution in [3.63, 3.8) is 0 Å². The van der Waals surface area contributed by atoms with E-state index < -0.39 is 12.1 Å². The molecule has 1 atom stereocenters. The van der Waals surface area contributed by atoms with Crippen LogP contribution in [0, 0.1) is 6.92 Å². The standard InChI is InChI=1S/C14H22N4O2.ClH/c1-10-5-3-4-6-11(10)12(18-14(15)20)9-13(19)17-8-7-16-2;/h3-6,12,16H,7-9H2,1-2H3,(H,17,19)(H3,15,18,20);1H. The Bertz CT molecular complexity index is 468. The van der Waals surface area contributed by atoms with Gasteiger partial charge in [-0.3, -0.25) is 4.79 Å². The molecule has 118 valence electrons. The predicted octanol–water partition coefficient (Wildman–Crippen LogP) is 0.852. The molecule has 1 rings (SSSR count). The zero-order chi connectivity index (χ0) is 15.0. The molecule has 3 amide bonds. The summed E-state index contributed by atoms with van der Waals surface area (Å²) in [7, 11) is 1.82. The van der Waals surface area contributed by atoms with Crippen LogP contribution in [0.15, 0.2) is 24.3 Å². The number of carbonyl (C=O) groups is 2. The molecule has 6 nitrogen and oxygen atoms in total. The van der Waals surface area contributed by atoms with Crippen LogP contribution < -0.4 is 21.7 Å². The maximum absolute atomic E-state index is 11.9. The fourth-order valence-electron chi connectivity index (χ4n) is 1.97. The van der Waals surface area contributed by atoms with E-state index in [0.29, 0.717) is 13.1 Å². The Morgan fingerprint density at radius 3 is 2.48 bits per heavy atom. The monoisotopic (exact) mass is 314 g/mol. The molecular weight excluding hydrogens is 292 g/mol. The van der Waals surface area contributed by atoms with Crippen LogP contribution in [-0.2, 0) is 4.79 Å². The number of primary amides is 1. The SMILES string of the molecule is CNCCNC(=O)CC(NC(N)=O)c1ccccc1C.Cl. The minimum atomic E-state index is -0.638. The number of urea groups is 1. The van der Waals surface area contributed by atoms with Gasteiger partial charge in [-0.05, 0) is 25.1 Å². The van der Waals surface area contributed by atoms with E-state index >= 15 is 0 Å². The van der Waals surface area contributed by atoms with E-state index in [1.807, 2.05) is 38.2 Å². The van der Waals surface area contributed by atoms with Crippen LogP contribution in [0.2, 0.25) is 0 Å². The number of rotatable bonds is 7. The van der Waals surface area contributed by atoms with Crippen molar-refractivity contribution in [2.75, 3.05) is 20.1 Å². The molecule has 1 aromatic carbocycles. The van der Waals surface area contributed by atoms with E-state index in [0.717, 1.165) is 11.1 Å². The van der Waals surface area contributed by atoms with Crippen LogP contribution in [-0.4, -0.2) is 32.1 Å². The Kier molecular flexibility index (Phi) is 9.16. The van der Waals surface area contributed by atoms with Gasteiger partial charge >= 0.3 is 6.03 Å².